The van der Waals surface area contributed by atoms with Crippen molar-refractivity contribution in [3.63, 3.8) is 0 Å². The second-order valence-electron chi connectivity index (χ2n) is 5.00. The molecule has 1 N–H and O–H groups in total. The summed E-state index contributed by atoms with van der Waals surface area (Å²) < 4.78 is 0. The summed E-state index contributed by atoms with van der Waals surface area (Å²) in [5, 5.41) is 3.19. The summed E-state index contributed by atoms with van der Waals surface area (Å²) in [5.41, 5.74) is 8.03. The predicted octanol–water partition coefficient (Wildman–Crippen LogP) is 4.00. The van der Waals surface area contributed by atoms with Crippen LogP contribution >= 0.6 is 0 Å². The lowest BCUT2D eigenvalue weighted by Crippen LogP contribution is -2.05. The fraction of sp³-hybridized carbons (Fsp3) is 0.294. The van der Waals surface area contributed by atoms with Gasteiger partial charge in [-0.1, -0.05) is 42.0 Å². The molecule has 0 aliphatic rings. The van der Waals surface area contributed by atoms with Gasteiger partial charge in [0.25, 0.3) is 0 Å². The Morgan fingerprint density at radius 1 is 0.833 bits per heavy atom. The van der Waals surface area contributed by atoms with Crippen LogP contribution in [0.3, 0.4) is 0 Å². The van der Waals surface area contributed by atoms with E-state index in [0.29, 0.717) is 0 Å². The van der Waals surface area contributed by atoms with Gasteiger partial charge in [0.1, 0.15) is 0 Å². The molecule has 0 amide bonds. The normalized spacial score (nSPS) is 10.7. The van der Waals surface area contributed by atoms with Crippen LogP contribution in [0, 0.1) is 20.8 Å². The van der Waals surface area contributed by atoms with Crippen molar-refractivity contribution < 1.29 is 0 Å². The topological polar surface area (TPSA) is 12.0 Å². The van der Waals surface area contributed by atoms with E-state index in [-0.39, 0.29) is 0 Å². The van der Waals surface area contributed by atoms with Crippen LogP contribution in [0.15, 0.2) is 36.4 Å². The van der Waals surface area contributed by atoms with Crippen LogP contribution in [0.25, 0.3) is 11.1 Å². The minimum Gasteiger partial charge on any atom is -0.316 e. The Morgan fingerprint density at radius 3 is 2.28 bits per heavy atom. The number of nitrogens with one attached hydrogen (secondary N) is 1. The molecule has 0 aromatic heterocycles. The van der Waals surface area contributed by atoms with E-state index in [0.717, 1.165) is 6.54 Å². The van der Waals surface area contributed by atoms with Gasteiger partial charge in [0.15, 0.2) is 0 Å². The molecule has 0 aliphatic heterocycles. The largest absolute Gasteiger partial charge is 0.316 e. The molecule has 0 saturated heterocycles. The Kier molecular flexibility index (Phi) is 3.83. The summed E-state index contributed by atoms with van der Waals surface area (Å²) in [6.07, 6.45) is 0. The summed E-state index contributed by atoms with van der Waals surface area (Å²) in [4.78, 5) is 0. The van der Waals surface area contributed by atoms with E-state index < -0.39 is 0 Å². The van der Waals surface area contributed by atoms with Gasteiger partial charge in [-0.15, -0.1) is 0 Å². The first kappa shape index (κ1) is 12.8. The number of rotatable bonds is 3. The van der Waals surface area contributed by atoms with Gasteiger partial charge in [-0.3, -0.25) is 0 Å². The maximum absolute atomic E-state index is 3.19. The molecule has 0 bridgehead atoms. The van der Waals surface area contributed by atoms with E-state index in [1.54, 1.807) is 0 Å². The molecule has 0 aliphatic carbocycles. The molecule has 0 heterocycles. The zero-order valence-electron chi connectivity index (χ0n) is 11.7. The van der Waals surface area contributed by atoms with Crippen LogP contribution in [-0.4, -0.2) is 7.05 Å². The van der Waals surface area contributed by atoms with Gasteiger partial charge in [0.05, 0.1) is 0 Å². The van der Waals surface area contributed by atoms with Gasteiger partial charge in [-0.25, -0.2) is 0 Å². The molecule has 94 valence electrons. The molecule has 0 radical (unpaired) electrons. The van der Waals surface area contributed by atoms with Crippen molar-refractivity contribution >= 4 is 0 Å². The standard InChI is InChI=1S/C17H21N/c1-12-5-6-13(2)17(9-12)16-8-7-15(11-18-4)10-14(16)3/h5-10,18H,11H2,1-4H3. The Balaban J connectivity index is 2.47. The number of hydrogen-bond acceptors (Lipinski definition) is 1. The van der Waals surface area contributed by atoms with Crippen molar-refractivity contribution in [3.8, 4) is 11.1 Å². The quantitative estimate of drug-likeness (QED) is 0.853. The van der Waals surface area contributed by atoms with Crippen LogP contribution in [0.5, 0.6) is 0 Å². The molecule has 0 spiro atoms. The Labute approximate surface area is 110 Å². The average Bonchev–Trinajstić information content (AvgIpc) is 2.33. The average molecular weight is 239 g/mol. The first-order chi connectivity index (χ1) is 8.61. The van der Waals surface area contributed by atoms with E-state index in [1.807, 2.05) is 7.05 Å². The summed E-state index contributed by atoms with van der Waals surface area (Å²) in [5.74, 6) is 0. The molecule has 2 aromatic rings. The van der Waals surface area contributed by atoms with Gasteiger partial charge in [-0.2, -0.15) is 0 Å². The number of benzene rings is 2. The van der Waals surface area contributed by atoms with Crippen LogP contribution in [0.1, 0.15) is 22.3 Å². The van der Waals surface area contributed by atoms with Gasteiger partial charge >= 0.3 is 0 Å². The van der Waals surface area contributed by atoms with Crippen LogP contribution in [-0.2, 0) is 6.54 Å². The molecular formula is C17H21N. The second kappa shape index (κ2) is 5.36. The third-order valence-electron chi connectivity index (χ3n) is 3.35. The van der Waals surface area contributed by atoms with Gasteiger partial charge in [-0.05, 0) is 55.6 Å². The zero-order valence-corrected chi connectivity index (χ0v) is 11.7. The number of aryl methyl sites for hydroxylation is 3. The third-order valence-corrected chi connectivity index (χ3v) is 3.35. The van der Waals surface area contributed by atoms with Crippen molar-refractivity contribution in [2.45, 2.75) is 27.3 Å². The monoisotopic (exact) mass is 239 g/mol. The summed E-state index contributed by atoms with van der Waals surface area (Å²) >= 11 is 0. The van der Waals surface area contributed by atoms with E-state index in [1.165, 1.54) is 33.4 Å². The van der Waals surface area contributed by atoms with Crippen LogP contribution in [0.2, 0.25) is 0 Å². The van der Waals surface area contributed by atoms with Crippen LogP contribution < -0.4 is 5.32 Å². The van der Waals surface area contributed by atoms with Gasteiger partial charge in [0, 0.05) is 6.54 Å². The van der Waals surface area contributed by atoms with Crippen molar-refractivity contribution in [3.05, 3.63) is 58.7 Å². The third kappa shape index (κ3) is 2.62. The highest BCUT2D eigenvalue weighted by Crippen LogP contribution is 2.28. The first-order valence-electron chi connectivity index (χ1n) is 6.43. The van der Waals surface area contributed by atoms with E-state index in [9.17, 15) is 0 Å². The minimum atomic E-state index is 0.925. The highest BCUT2D eigenvalue weighted by molar-refractivity contribution is 5.71. The molecule has 1 nitrogen and oxygen atoms in total. The fourth-order valence-corrected chi connectivity index (χ4v) is 2.37. The molecule has 18 heavy (non-hydrogen) atoms. The highest BCUT2D eigenvalue weighted by Gasteiger charge is 2.06. The lowest BCUT2D eigenvalue weighted by atomic mass is 9.94. The van der Waals surface area contributed by atoms with Crippen molar-refractivity contribution in [2.24, 2.45) is 0 Å². The molecule has 0 saturated carbocycles. The fourth-order valence-electron chi connectivity index (χ4n) is 2.37. The summed E-state index contributed by atoms with van der Waals surface area (Å²) in [6.45, 7) is 7.44. The van der Waals surface area contributed by atoms with Crippen molar-refractivity contribution in [2.75, 3.05) is 7.05 Å². The number of hydrogen-bond donors (Lipinski definition) is 1. The van der Waals surface area contributed by atoms with E-state index in [2.05, 4.69) is 62.5 Å². The molecule has 0 fully saturated rings. The zero-order chi connectivity index (χ0) is 13.1. The first-order valence-corrected chi connectivity index (χ1v) is 6.43. The highest BCUT2D eigenvalue weighted by atomic mass is 14.8. The summed E-state index contributed by atoms with van der Waals surface area (Å²) in [7, 11) is 1.98. The van der Waals surface area contributed by atoms with E-state index >= 15 is 0 Å². The predicted molar refractivity (Wildman–Crippen MR) is 78.9 cm³/mol. The Bertz CT molecular complexity index is 556. The molecule has 1 heteroatoms. The lowest BCUT2D eigenvalue weighted by molar-refractivity contribution is 0.817. The maximum atomic E-state index is 3.19. The van der Waals surface area contributed by atoms with Gasteiger partial charge in [0.2, 0.25) is 0 Å². The van der Waals surface area contributed by atoms with Crippen LogP contribution in [0.4, 0.5) is 0 Å². The van der Waals surface area contributed by atoms with Gasteiger partial charge < -0.3 is 5.32 Å². The molecular weight excluding hydrogens is 218 g/mol. The van der Waals surface area contributed by atoms with Crippen molar-refractivity contribution in [1.82, 2.24) is 5.32 Å². The smallest absolute Gasteiger partial charge is 0.0202 e. The molecule has 2 rings (SSSR count). The van der Waals surface area contributed by atoms with Crippen molar-refractivity contribution in [1.29, 1.82) is 0 Å². The second-order valence-corrected chi connectivity index (χ2v) is 5.00. The minimum absolute atomic E-state index is 0.925. The molecule has 2 aromatic carbocycles. The lowest BCUT2D eigenvalue weighted by Gasteiger charge is -2.12. The van der Waals surface area contributed by atoms with E-state index in [4.69, 9.17) is 0 Å². The summed E-state index contributed by atoms with van der Waals surface area (Å²) in [6, 6.07) is 13.4. The Morgan fingerprint density at radius 2 is 1.61 bits per heavy atom. The molecule has 0 unspecified atom stereocenters. The SMILES string of the molecule is CNCc1ccc(-c2cc(C)ccc2C)c(C)c1. The molecule has 0 atom stereocenters. The Hall–Kier alpha value is -1.60. The maximum Gasteiger partial charge on any atom is 0.0202 e.